The second-order valence-electron chi connectivity index (χ2n) is 9.03. The molecule has 2 aromatic heterocycles. The summed E-state index contributed by atoms with van der Waals surface area (Å²) in [5, 5.41) is 22.6. The fourth-order valence-electron chi connectivity index (χ4n) is 4.51. The van der Waals surface area contributed by atoms with Crippen LogP contribution in [0.5, 0.6) is 0 Å². The van der Waals surface area contributed by atoms with E-state index in [0.29, 0.717) is 27.9 Å². The molecule has 1 aliphatic rings. The molecule has 0 unspecified atom stereocenters. The van der Waals surface area contributed by atoms with Gasteiger partial charge in [-0.05, 0) is 78.9 Å². The van der Waals surface area contributed by atoms with Gasteiger partial charge in [0.15, 0.2) is 5.11 Å². The molecule has 11 nitrogen and oxygen atoms in total. The zero-order valence-corrected chi connectivity index (χ0v) is 22.4. The summed E-state index contributed by atoms with van der Waals surface area (Å²) in [7, 11) is -3.46. The van der Waals surface area contributed by atoms with E-state index in [9.17, 15) is 28.2 Å². The Bertz CT molecular complexity index is 1690. The fraction of sp³-hybridized carbons (Fsp3) is 0.111. The van der Waals surface area contributed by atoms with Gasteiger partial charge in [0.05, 0.1) is 29.1 Å². The first-order valence-electron chi connectivity index (χ1n) is 11.8. The molecular weight excluding hydrogens is 556 g/mol. The Morgan fingerprint density at radius 2 is 1.68 bits per heavy atom. The molecule has 0 radical (unpaired) electrons. The van der Waals surface area contributed by atoms with Crippen molar-refractivity contribution >= 4 is 50.7 Å². The van der Waals surface area contributed by atoms with E-state index in [1.54, 1.807) is 48.7 Å². The van der Waals surface area contributed by atoms with Gasteiger partial charge in [-0.15, -0.1) is 0 Å². The number of furan rings is 1. The highest BCUT2D eigenvalue weighted by Gasteiger charge is 2.42. The highest BCUT2D eigenvalue weighted by atomic mass is 32.2. The molecule has 3 heterocycles. The number of nitrogens with one attached hydrogen (secondary N) is 2. The van der Waals surface area contributed by atoms with Gasteiger partial charge < -0.3 is 24.8 Å². The van der Waals surface area contributed by atoms with E-state index in [0.717, 1.165) is 12.3 Å². The van der Waals surface area contributed by atoms with Crippen LogP contribution >= 0.6 is 12.2 Å². The highest BCUT2D eigenvalue weighted by molar-refractivity contribution is 7.92. The molecule has 5 rings (SSSR count). The second-order valence-corrected chi connectivity index (χ2v) is 11.2. The molecule has 204 valence electrons. The Hall–Kier alpha value is -4.75. The van der Waals surface area contributed by atoms with Crippen molar-refractivity contribution < 1.29 is 32.6 Å². The van der Waals surface area contributed by atoms with E-state index in [2.05, 4.69) is 15.0 Å². The molecule has 4 aromatic rings. The molecular formula is C27H22N4O7S2. The summed E-state index contributed by atoms with van der Waals surface area (Å²) in [6, 6.07) is 18.3. The summed E-state index contributed by atoms with van der Waals surface area (Å²) in [6.07, 6.45) is 2.72. The van der Waals surface area contributed by atoms with E-state index in [4.69, 9.17) is 16.6 Å². The first-order chi connectivity index (χ1) is 19.0. The summed E-state index contributed by atoms with van der Waals surface area (Å²) in [6.45, 7) is 0. The maximum atomic E-state index is 11.6. The lowest BCUT2D eigenvalue weighted by atomic mass is 10.0. The first-order valence-corrected chi connectivity index (χ1v) is 14.1. The number of rotatable bonds is 8. The van der Waals surface area contributed by atoms with Gasteiger partial charge in [0.1, 0.15) is 17.6 Å². The maximum Gasteiger partial charge on any atom is 0.335 e. The van der Waals surface area contributed by atoms with Crippen LogP contribution in [0.1, 0.15) is 44.3 Å². The van der Waals surface area contributed by atoms with Crippen LogP contribution in [0.3, 0.4) is 0 Å². The summed E-state index contributed by atoms with van der Waals surface area (Å²) in [5.41, 5.74) is 1.63. The number of carbonyl (C=O) groups is 2. The van der Waals surface area contributed by atoms with Crippen molar-refractivity contribution in [3.05, 3.63) is 102 Å². The van der Waals surface area contributed by atoms with E-state index in [1.165, 1.54) is 12.1 Å². The van der Waals surface area contributed by atoms with Gasteiger partial charge in [-0.25, -0.2) is 18.0 Å². The zero-order chi connectivity index (χ0) is 28.6. The van der Waals surface area contributed by atoms with Crippen molar-refractivity contribution in [2.45, 2.75) is 12.1 Å². The van der Waals surface area contributed by atoms with Crippen LogP contribution in [-0.4, -0.2) is 46.9 Å². The molecule has 0 spiro atoms. The molecule has 0 bridgehead atoms. The van der Waals surface area contributed by atoms with Crippen molar-refractivity contribution in [1.29, 1.82) is 0 Å². The standard InChI is InChI=1S/C27H22N4O7S2/c1-40(36,37)30-18-5-7-19(8-6-18)31-24(23(29-27(31)39)20-4-2-3-11-28-20)22-10-9-21(38-22)15-12-16(25(32)33)14-17(13-15)26(34)35/h2-14,23-24,30H,1H3,(H,29,39)(H,32,33)(H,34,35)/t23-,24+/m0/s1. The minimum absolute atomic E-state index is 0.188. The Balaban J connectivity index is 1.58. The Kier molecular flexibility index (Phi) is 7.00. The number of carboxylic acid groups (broad SMARTS) is 2. The first kappa shape index (κ1) is 26.8. The van der Waals surface area contributed by atoms with Crippen LogP contribution in [0.25, 0.3) is 11.3 Å². The number of aromatic carboxylic acids is 2. The third-order valence-corrected chi connectivity index (χ3v) is 7.10. The van der Waals surface area contributed by atoms with Crippen LogP contribution < -0.4 is 14.9 Å². The van der Waals surface area contributed by atoms with Crippen molar-refractivity contribution in [2.24, 2.45) is 0 Å². The highest BCUT2D eigenvalue weighted by Crippen LogP contribution is 2.43. The smallest absolute Gasteiger partial charge is 0.335 e. The second kappa shape index (κ2) is 10.4. The predicted molar refractivity (Wildman–Crippen MR) is 151 cm³/mol. The minimum atomic E-state index is -3.46. The van der Waals surface area contributed by atoms with Gasteiger partial charge in [0.25, 0.3) is 0 Å². The van der Waals surface area contributed by atoms with E-state index in [1.807, 2.05) is 17.0 Å². The molecule has 0 aliphatic carbocycles. The Morgan fingerprint density at radius 3 is 2.25 bits per heavy atom. The van der Waals surface area contributed by atoms with Gasteiger partial charge >= 0.3 is 11.9 Å². The van der Waals surface area contributed by atoms with Crippen molar-refractivity contribution in [3.8, 4) is 11.3 Å². The van der Waals surface area contributed by atoms with Gasteiger partial charge in [0, 0.05) is 23.1 Å². The van der Waals surface area contributed by atoms with Crippen molar-refractivity contribution in [2.75, 3.05) is 15.9 Å². The SMILES string of the molecule is CS(=O)(=O)Nc1ccc(N2C(=S)N[C@@H](c3ccccn3)[C@H]2c2ccc(-c3cc(C(=O)O)cc(C(=O)O)c3)o2)cc1. The lowest BCUT2D eigenvalue weighted by Gasteiger charge is -2.26. The Labute approximate surface area is 234 Å². The molecule has 1 saturated heterocycles. The molecule has 40 heavy (non-hydrogen) atoms. The monoisotopic (exact) mass is 578 g/mol. The van der Waals surface area contributed by atoms with Crippen LogP contribution in [0.4, 0.5) is 11.4 Å². The van der Waals surface area contributed by atoms with Crippen LogP contribution in [0, 0.1) is 0 Å². The zero-order valence-electron chi connectivity index (χ0n) is 20.8. The number of hydrogen-bond donors (Lipinski definition) is 4. The largest absolute Gasteiger partial charge is 0.478 e. The van der Waals surface area contributed by atoms with Crippen LogP contribution in [-0.2, 0) is 10.0 Å². The van der Waals surface area contributed by atoms with Gasteiger partial charge in [-0.3, -0.25) is 9.71 Å². The third-order valence-electron chi connectivity index (χ3n) is 6.18. The molecule has 0 saturated carbocycles. The number of pyridine rings is 1. The average molecular weight is 579 g/mol. The molecule has 1 fully saturated rings. The van der Waals surface area contributed by atoms with Crippen LogP contribution in [0.2, 0.25) is 0 Å². The number of aromatic nitrogens is 1. The number of thiocarbonyl (C=S) groups is 1. The van der Waals surface area contributed by atoms with Gasteiger partial charge in [-0.1, -0.05) is 6.07 Å². The lowest BCUT2D eigenvalue weighted by Crippen LogP contribution is -2.29. The molecule has 2 aromatic carbocycles. The number of benzene rings is 2. The number of carboxylic acids is 2. The molecule has 2 atom stereocenters. The Morgan fingerprint density at radius 1 is 1.00 bits per heavy atom. The van der Waals surface area contributed by atoms with E-state index in [-0.39, 0.29) is 22.5 Å². The van der Waals surface area contributed by atoms with Crippen molar-refractivity contribution in [1.82, 2.24) is 10.3 Å². The predicted octanol–water partition coefficient (Wildman–Crippen LogP) is 4.29. The molecule has 1 aliphatic heterocycles. The molecule has 13 heteroatoms. The molecule has 0 amide bonds. The summed E-state index contributed by atoms with van der Waals surface area (Å²) in [4.78, 5) is 29.5. The molecule has 4 N–H and O–H groups in total. The van der Waals surface area contributed by atoms with E-state index < -0.39 is 34.0 Å². The topological polar surface area (TPSA) is 162 Å². The third kappa shape index (κ3) is 5.51. The normalized spacial score (nSPS) is 16.9. The summed E-state index contributed by atoms with van der Waals surface area (Å²) < 4.78 is 31.9. The quantitative estimate of drug-likeness (QED) is 0.221. The number of nitrogens with zero attached hydrogens (tertiary/aromatic N) is 2. The average Bonchev–Trinajstić information content (AvgIpc) is 3.53. The lowest BCUT2D eigenvalue weighted by molar-refractivity contribution is 0.0696. The van der Waals surface area contributed by atoms with Gasteiger partial charge in [0.2, 0.25) is 10.0 Å². The van der Waals surface area contributed by atoms with E-state index >= 15 is 0 Å². The number of sulfonamides is 1. The van der Waals surface area contributed by atoms with Gasteiger partial charge in [-0.2, -0.15) is 0 Å². The fourth-order valence-corrected chi connectivity index (χ4v) is 5.42. The number of hydrogen-bond acceptors (Lipinski definition) is 7. The summed E-state index contributed by atoms with van der Waals surface area (Å²) in [5.74, 6) is -1.81. The number of anilines is 2. The maximum absolute atomic E-state index is 11.6. The van der Waals surface area contributed by atoms with Crippen LogP contribution in [0.15, 0.2) is 83.4 Å². The minimum Gasteiger partial charge on any atom is -0.478 e. The van der Waals surface area contributed by atoms with Crippen molar-refractivity contribution in [3.63, 3.8) is 0 Å². The summed E-state index contributed by atoms with van der Waals surface area (Å²) >= 11 is 5.69.